The van der Waals surface area contributed by atoms with Crippen LogP contribution in [-0.4, -0.2) is 32.0 Å². The highest BCUT2D eigenvalue weighted by atomic mass is 32.2. The maximum absolute atomic E-state index is 12.7. The molecule has 1 heterocycles. The zero-order chi connectivity index (χ0) is 13.9. The van der Waals surface area contributed by atoms with E-state index in [2.05, 4.69) is 10.6 Å². The standard InChI is InChI=1S/C12H15FN2O3S/c13-10-3-1-9(2-4-10)7-14-12(16)15-11-5-6-19(17,18)8-11/h1-4,11H,5-8H2,(H2,14,15,16). The lowest BCUT2D eigenvalue weighted by atomic mass is 10.2. The third kappa shape index (κ3) is 4.20. The number of urea groups is 1. The number of benzene rings is 1. The summed E-state index contributed by atoms with van der Waals surface area (Å²) in [6, 6.07) is 5.06. The lowest BCUT2D eigenvalue weighted by Crippen LogP contribution is -2.42. The molecule has 104 valence electrons. The Balaban J connectivity index is 1.77. The molecule has 2 rings (SSSR count). The molecule has 19 heavy (non-hydrogen) atoms. The van der Waals surface area contributed by atoms with Crippen LogP contribution in [0.25, 0.3) is 0 Å². The van der Waals surface area contributed by atoms with E-state index in [0.717, 1.165) is 5.56 Å². The smallest absolute Gasteiger partial charge is 0.315 e. The van der Waals surface area contributed by atoms with Crippen molar-refractivity contribution < 1.29 is 17.6 Å². The first kappa shape index (κ1) is 13.8. The summed E-state index contributed by atoms with van der Waals surface area (Å²) >= 11 is 0. The zero-order valence-corrected chi connectivity index (χ0v) is 11.0. The minimum atomic E-state index is -3.00. The van der Waals surface area contributed by atoms with Gasteiger partial charge < -0.3 is 10.6 Å². The second kappa shape index (κ2) is 5.56. The highest BCUT2D eigenvalue weighted by molar-refractivity contribution is 7.91. The Labute approximate surface area is 111 Å². The van der Waals surface area contributed by atoms with Crippen molar-refractivity contribution in [1.82, 2.24) is 10.6 Å². The second-order valence-corrected chi connectivity index (χ2v) is 6.78. The van der Waals surface area contributed by atoms with Gasteiger partial charge >= 0.3 is 6.03 Å². The molecule has 0 aliphatic carbocycles. The van der Waals surface area contributed by atoms with E-state index in [0.29, 0.717) is 6.42 Å². The lowest BCUT2D eigenvalue weighted by molar-refractivity contribution is 0.237. The number of carbonyl (C=O) groups is 1. The maximum Gasteiger partial charge on any atom is 0.315 e. The van der Waals surface area contributed by atoms with Crippen molar-refractivity contribution in [2.45, 2.75) is 19.0 Å². The van der Waals surface area contributed by atoms with Gasteiger partial charge in [-0.25, -0.2) is 17.6 Å². The normalized spacial score (nSPS) is 21.0. The molecular formula is C12H15FN2O3S. The largest absolute Gasteiger partial charge is 0.334 e. The number of sulfone groups is 1. The summed E-state index contributed by atoms with van der Waals surface area (Å²) in [7, 11) is -3.00. The molecule has 1 aromatic carbocycles. The summed E-state index contributed by atoms with van der Waals surface area (Å²) < 4.78 is 35.1. The van der Waals surface area contributed by atoms with Gasteiger partial charge in [-0.2, -0.15) is 0 Å². The van der Waals surface area contributed by atoms with Gasteiger partial charge in [-0.1, -0.05) is 12.1 Å². The first-order valence-corrected chi connectivity index (χ1v) is 7.76. The number of hydrogen-bond acceptors (Lipinski definition) is 3. The fourth-order valence-corrected chi connectivity index (χ4v) is 3.60. The second-order valence-electron chi connectivity index (χ2n) is 4.55. The van der Waals surface area contributed by atoms with Gasteiger partial charge in [-0.05, 0) is 24.1 Å². The summed E-state index contributed by atoms with van der Waals surface area (Å²) in [5.74, 6) is -0.211. The summed E-state index contributed by atoms with van der Waals surface area (Å²) in [6.07, 6.45) is 0.451. The van der Waals surface area contributed by atoms with E-state index in [-0.39, 0.29) is 29.9 Å². The zero-order valence-electron chi connectivity index (χ0n) is 10.2. The van der Waals surface area contributed by atoms with Crippen LogP contribution in [0.2, 0.25) is 0 Å². The monoisotopic (exact) mass is 286 g/mol. The topological polar surface area (TPSA) is 75.3 Å². The third-order valence-electron chi connectivity index (χ3n) is 2.93. The van der Waals surface area contributed by atoms with Gasteiger partial charge in [-0.15, -0.1) is 0 Å². The quantitative estimate of drug-likeness (QED) is 0.863. The van der Waals surface area contributed by atoms with Crippen LogP contribution in [0.5, 0.6) is 0 Å². The van der Waals surface area contributed by atoms with Crippen molar-refractivity contribution in [2.75, 3.05) is 11.5 Å². The Morgan fingerprint density at radius 3 is 2.58 bits per heavy atom. The van der Waals surface area contributed by atoms with Gasteiger partial charge in [0.15, 0.2) is 9.84 Å². The van der Waals surface area contributed by atoms with Gasteiger partial charge in [0.2, 0.25) is 0 Å². The molecule has 5 nitrogen and oxygen atoms in total. The summed E-state index contributed by atoms with van der Waals surface area (Å²) in [4.78, 5) is 11.6. The van der Waals surface area contributed by atoms with Crippen molar-refractivity contribution >= 4 is 15.9 Å². The van der Waals surface area contributed by atoms with Crippen LogP contribution in [0.1, 0.15) is 12.0 Å². The summed E-state index contributed by atoms with van der Waals surface area (Å²) in [6.45, 7) is 0.269. The van der Waals surface area contributed by atoms with E-state index in [1.54, 1.807) is 12.1 Å². The lowest BCUT2D eigenvalue weighted by Gasteiger charge is -2.12. The van der Waals surface area contributed by atoms with Crippen molar-refractivity contribution in [3.63, 3.8) is 0 Å². The van der Waals surface area contributed by atoms with Crippen LogP contribution >= 0.6 is 0 Å². The minimum Gasteiger partial charge on any atom is -0.334 e. The number of nitrogens with one attached hydrogen (secondary N) is 2. The minimum absolute atomic E-state index is 0.00301. The predicted octanol–water partition coefficient (Wildman–Crippen LogP) is 0.812. The van der Waals surface area contributed by atoms with Crippen LogP contribution in [0.3, 0.4) is 0 Å². The van der Waals surface area contributed by atoms with Gasteiger partial charge in [0.25, 0.3) is 0 Å². The molecule has 2 N–H and O–H groups in total. The number of rotatable bonds is 3. The van der Waals surface area contributed by atoms with E-state index in [9.17, 15) is 17.6 Å². The average molecular weight is 286 g/mol. The molecule has 0 radical (unpaired) electrons. The Morgan fingerprint density at radius 2 is 2.00 bits per heavy atom. The molecule has 1 unspecified atom stereocenters. The van der Waals surface area contributed by atoms with Crippen LogP contribution in [-0.2, 0) is 16.4 Å². The van der Waals surface area contributed by atoms with Crippen LogP contribution in [0, 0.1) is 5.82 Å². The molecule has 1 fully saturated rings. The van der Waals surface area contributed by atoms with Crippen molar-refractivity contribution in [2.24, 2.45) is 0 Å². The Bertz CT molecular complexity index is 557. The van der Waals surface area contributed by atoms with Gasteiger partial charge in [-0.3, -0.25) is 0 Å². The van der Waals surface area contributed by atoms with Gasteiger partial charge in [0.1, 0.15) is 5.82 Å². The number of halogens is 1. The van der Waals surface area contributed by atoms with Crippen LogP contribution in [0.15, 0.2) is 24.3 Å². The van der Waals surface area contributed by atoms with E-state index in [1.165, 1.54) is 12.1 Å². The Kier molecular flexibility index (Phi) is 4.04. The molecule has 1 aromatic rings. The molecule has 1 saturated heterocycles. The fourth-order valence-electron chi connectivity index (χ4n) is 1.93. The third-order valence-corrected chi connectivity index (χ3v) is 4.70. The SMILES string of the molecule is O=C(NCc1ccc(F)cc1)NC1CCS(=O)(=O)C1. The number of amides is 2. The van der Waals surface area contributed by atoms with Crippen LogP contribution in [0.4, 0.5) is 9.18 Å². The predicted molar refractivity (Wildman–Crippen MR) is 68.8 cm³/mol. The number of hydrogen-bond donors (Lipinski definition) is 2. The van der Waals surface area contributed by atoms with Gasteiger partial charge in [0, 0.05) is 12.6 Å². The van der Waals surface area contributed by atoms with Crippen molar-refractivity contribution in [3.05, 3.63) is 35.6 Å². The highest BCUT2D eigenvalue weighted by Crippen LogP contribution is 2.11. The molecule has 1 aliphatic heterocycles. The fraction of sp³-hybridized carbons (Fsp3) is 0.417. The molecule has 0 aromatic heterocycles. The molecule has 7 heteroatoms. The molecular weight excluding hydrogens is 271 g/mol. The molecule has 2 amide bonds. The Morgan fingerprint density at radius 1 is 1.32 bits per heavy atom. The van der Waals surface area contributed by atoms with E-state index in [1.807, 2.05) is 0 Å². The van der Waals surface area contributed by atoms with Crippen molar-refractivity contribution in [3.8, 4) is 0 Å². The molecule has 0 spiro atoms. The Hall–Kier alpha value is -1.63. The first-order chi connectivity index (χ1) is 8.94. The van der Waals surface area contributed by atoms with E-state index >= 15 is 0 Å². The molecule has 1 atom stereocenters. The van der Waals surface area contributed by atoms with Gasteiger partial charge in [0.05, 0.1) is 11.5 Å². The van der Waals surface area contributed by atoms with Crippen LogP contribution < -0.4 is 10.6 Å². The molecule has 0 saturated carbocycles. The highest BCUT2D eigenvalue weighted by Gasteiger charge is 2.28. The number of carbonyl (C=O) groups excluding carboxylic acids is 1. The summed E-state index contributed by atoms with van der Waals surface area (Å²) in [5, 5.41) is 5.22. The van der Waals surface area contributed by atoms with E-state index < -0.39 is 15.9 Å². The van der Waals surface area contributed by atoms with Crippen molar-refractivity contribution in [1.29, 1.82) is 0 Å². The average Bonchev–Trinajstić information content (AvgIpc) is 2.68. The first-order valence-electron chi connectivity index (χ1n) is 5.94. The maximum atomic E-state index is 12.7. The summed E-state index contributed by atoms with van der Waals surface area (Å²) in [5.41, 5.74) is 0.774. The molecule has 0 bridgehead atoms. The van der Waals surface area contributed by atoms with E-state index in [4.69, 9.17) is 0 Å². The molecule has 1 aliphatic rings.